The molecule has 0 atom stereocenters. The third-order valence-electron chi connectivity index (χ3n) is 2.87. The van der Waals surface area contributed by atoms with E-state index in [1.165, 1.54) is 5.69 Å². The summed E-state index contributed by atoms with van der Waals surface area (Å²) < 4.78 is 4.01. The van der Waals surface area contributed by atoms with Gasteiger partial charge in [-0.1, -0.05) is 18.7 Å². The van der Waals surface area contributed by atoms with Crippen LogP contribution < -0.4 is 5.73 Å². The molecule has 0 radical (unpaired) electrons. The molecule has 0 aliphatic heterocycles. The van der Waals surface area contributed by atoms with Crippen molar-refractivity contribution in [3.05, 3.63) is 23.3 Å². The molecule has 2 N–H and O–H groups in total. The Morgan fingerprint density at radius 1 is 1.37 bits per heavy atom. The van der Waals surface area contributed by atoms with Crippen LogP contribution in [0.15, 0.2) is 11.2 Å². The van der Waals surface area contributed by atoms with Crippen molar-refractivity contribution in [2.24, 2.45) is 12.8 Å². The number of rotatable bonds is 6. The molecule has 0 spiro atoms. The van der Waals surface area contributed by atoms with Crippen molar-refractivity contribution in [1.29, 1.82) is 0 Å². The molecule has 0 aliphatic carbocycles. The molecular formula is C12H20N6S. The Bertz CT molecular complexity index is 544. The number of thioether (sulfide) groups is 1. The van der Waals surface area contributed by atoms with E-state index < -0.39 is 0 Å². The highest BCUT2D eigenvalue weighted by molar-refractivity contribution is 7.98. The molecule has 0 amide bonds. The van der Waals surface area contributed by atoms with Gasteiger partial charge in [-0.05, 0) is 19.4 Å². The van der Waals surface area contributed by atoms with E-state index in [4.69, 9.17) is 5.73 Å². The predicted molar refractivity (Wildman–Crippen MR) is 75.7 cm³/mol. The van der Waals surface area contributed by atoms with Crippen molar-refractivity contribution in [2.45, 2.75) is 44.3 Å². The monoisotopic (exact) mass is 280 g/mol. The van der Waals surface area contributed by atoms with Gasteiger partial charge >= 0.3 is 0 Å². The maximum absolute atomic E-state index is 5.68. The summed E-state index contributed by atoms with van der Waals surface area (Å²) in [5, 5.41) is 13.6. The van der Waals surface area contributed by atoms with Gasteiger partial charge in [-0.15, -0.1) is 10.2 Å². The van der Waals surface area contributed by atoms with Gasteiger partial charge in [-0.25, -0.2) is 0 Å². The Morgan fingerprint density at radius 3 is 2.74 bits per heavy atom. The van der Waals surface area contributed by atoms with E-state index in [1.807, 2.05) is 18.7 Å². The second kappa shape index (κ2) is 6.21. The average molecular weight is 280 g/mol. The second-order valence-electron chi connectivity index (χ2n) is 4.44. The number of nitrogens with zero attached hydrogens (tertiary/aromatic N) is 5. The molecule has 0 saturated carbocycles. The maximum atomic E-state index is 5.68. The van der Waals surface area contributed by atoms with Crippen LogP contribution in [-0.4, -0.2) is 24.5 Å². The van der Waals surface area contributed by atoms with E-state index in [0.29, 0.717) is 6.54 Å². The van der Waals surface area contributed by atoms with Crippen molar-refractivity contribution in [3.8, 4) is 0 Å². The van der Waals surface area contributed by atoms with Gasteiger partial charge in [0.1, 0.15) is 5.82 Å². The van der Waals surface area contributed by atoms with Crippen molar-refractivity contribution in [1.82, 2.24) is 24.5 Å². The fourth-order valence-electron chi connectivity index (χ4n) is 1.96. The molecular weight excluding hydrogens is 260 g/mol. The second-order valence-corrected chi connectivity index (χ2v) is 5.39. The minimum Gasteiger partial charge on any atom is -0.324 e. The Morgan fingerprint density at radius 2 is 2.16 bits per heavy atom. The number of aromatic nitrogens is 5. The summed E-state index contributed by atoms with van der Waals surface area (Å²) in [6.45, 7) is 5.48. The third-order valence-corrected chi connectivity index (χ3v) is 3.87. The molecule has 104 valence electrons. The first-order valence-corrected chi connectivity index (χ1v) is 7.38. The quantitative estimate of drug-likeness (QED) is 0.811. The molecule has 2 heterocycles. The lowest BCUT2D eigenvalue weighted by Crippen LogP contribution is -2.09. The van der Waals surface area contributed by atoms with E-state index >= 15 is 0 Å². The van der Waals surface area contributed by atoms with Gasteiger partial charge < -0.3 is 10.3 Å². The highest BCUT2D eigenvalue weighted by Crippen LogP contribution is 2.22. The van der Waals surface area contributed by atoms with Crippen molar-refractivity contribution in [3.63, 3.8) is 0 Å². The van der Waals surface area contributed by atoms with Crippen LogP contribution in [0.5, 0.6) is 0 Å². The largest absolute Gasteiger partial charge is 0.324 e. The zero-order valence-corrected chi connectivity index (χ0v) is 12.4. The van der Waals surface area contributed by atoms with Gasteiger partial charge in [0.2, 0.25) is 0 Å². The standard InChI is InChI=1S/C12H20N6S/c1-4-5-18-11(7-13)14-15-12(18)19-8-10-6-9(2)16-17(10)3/h6H,4-5,7-8,13H2,1-3H3. The van der Waals surface area contributed by atoms with Crippen LogP contribution in [0.4, 0.5) is 0 Å². The maximum Gasteiger partial charge on any atom is 0.191 e. The lowest BCUT2D eigenvalue weighted by Gasteiger charge is -2.07. The Hall–Kier alpha value is -1.34. The van der Waals surface area contributed by atoms with Crippen LogP contribution >= 0.6 is 11.8 Å². The zero-order chi connectivity index (χ0) is 13.8. The molecule has 6 nitrogen and oxygen atoms in total. The van der Waals surface area contributed by atoms with Gasteiger partial charge in [0, 0.05) is 25.0 Å². The van der Waals surface area contributed by atoms with Crippen LogP contribution in [0.3, 0.4) is 0 Å². The number of nitrogens with two attached hydrogens (primary N) is 1. The van der Waals surface area contributed by atoms with E-state index in [2.05, 4.69) is 32.9 Å². The highest BCUT2D eigenvalue weighted by atomic mass is 32.2. The molecule has 2 rings (SSSR count). The summed E-state index contributed by atoms with van der Waals surface area (Å²) in [5.74, 6) is 1.69. The fourth-order valence-corrected chi connectivity index (χ4v) is 2.96. The average Bonchev–Trinajstić information content (AvgIpc) is 2.91. The SMILES string of the molecule is CCCn1c(CN)nnc1SCc1cc(C)nn1C. The Labute approximate surface area is 117 Å². The lowest BCUT2D eigenvalue weighted by molar-refractivity contribution is 0.592. The molecule has 0 bridgehead atoms. The Balaban J connectivity index is 2.11. The molecule has 2 aromatic rings. The molecule has 7 heteroatoms. The summed E-state index contributed by atoms with van der Waals surface area (Å²) in [6.07, 6.45) is 1.05. The summed E-state index contributed by atoms with van der Waals surface area (Å²) in [7, 11) is 1.96. The predicted octanol–water partition coefficient (Wildman–Crippen LogP) is 1.48. The number of aryl methyl sites for hydroxylation is 2. The van der Waals surface area contributed by atoms with Crippen molar-refractivity contribution < 1.29 is 0 Å². The Kier molecular flexibility index (Phi) is 4.60. The minimum absolute atomic E-state index is 0.429. The van der Waals surface area contributed by atoms with Crippen LogP contribution in [0.25, 0.3) is 0 Å². The van der Waals surface area contributed by atoms with E-state index in [9.17, 15) is 0 Å². The first kappa shape index (κ1) is 14.1. The fraction of sp³-hybridized carbons (Fsp3) is 0.583. The summed E-state index contributed by atoms with van der Waals surface area (Å²) in [4.78, 5) is 0. The minimum atomic E-state index is 0.429. The molecule has 0 aromatic carbocycles. The third kappa shape index (κ3) is 3.16. The first-order chi connectivity index (χ1) is 9.15. The normalized spacial score (nSPS) is 11.2. The van der Waals surface area contributed by atoms with E-state index in [0.717, 1.165) is 35.4 Å². The first-order valence-electron chi connectivity index (χ1n) is 6.40. The van der Waals surface area contributed by atoms with Crippen molar-refractivity contribution in [2.75, 3.05) is 0 Å². The lowest BCUT2D eigenvalue weighted by atomic mass is 10.4. The van der Waals surface area contributed by atoms with Crippen LogP contribution in [0.2, 0.25) is 0 Å². The molecule has 0 fully saturated rings. The number of hydrogen-bond acceptors (Lipinski definition) is 5. The van der Waals surface area contributed by atoms with Crippen LogP contribution in [-0.2, 0) is 25.9 Å². The van der Waals surface area contributed by atoms with Gasteiger partial charge in [0.25, 0.3) is 0 Å². The van der Waals surface area contributed by atoms with Gasteiger partial charge in [-0.2, -0.15) is 5.10 Å². The van der Waals surface area contributed by atoms with Crippen LogP contribution in [0, 0.1) is 6.92 Å². The molecule has 0 unspecified atom stereocenters. The highest BCUT2D eigenvalue weighted by Gasteiger charge is 2.12. The zero-order valence-electron chi connectivity index (χ0n) is 11.6. The molecule has 19 heavy (non-hydrogen) atoms. The summed E-state index contributed by atoms with van der Waals surface area (Å²) >= 11 is 1.68. The van der Waals surface area contributed by atoms with E-state index in [-0.39, 0.29) is 0 Å². The summed E-state index contributed by atoms with van der Waals surface area (Å²) in [6, 6.07) is 2.09. The topological polar surface area (TPSA) is 74.6 Å². The smallest absolute Gasteiger partial charge is 0.191 e. The van der Waals surface area contributed by atoms with Crippen LogP contribution in [0.1, 0.15) is 30.6 Å². The molecule has 0 saturated heterocycles. The summed E-state index contributed by atoms with van der Waals surface area (Å²) in [5.41, 5.74) is 7.90. The number of hydrogen-bond donors (Lipinski definition) is 1. The molecule has 2 aromatic heterocycles. The molecule has 0 aliphatic rings. The van der Waals surface area contributed by atoms with E-state index in [1.54, 1.807) is 11.8 Å². The van der Waals surface area contributed by atoms with Crippen molar-refractivity contribution >= 4 is 11.8 Å². The van der Waals surface area contributed by atoms with Gasteiger partial charge in [0.05, 0.1) is 12.2 Å². The van der Waals surface area contributed by atoms with Gasteiger partial charge in [-0.3, -0.25) is 4.68 Å². The van der Waals surface area contributed by atoms with Gasteiger partial charge in [0.15, 0.2) is 5.16 Å².